The van der Waals surface area contributed by atoms with Gasteiger partial charge in [0, 0.05) is 43.0 Å². The van der Waals surface area contributed by atoms with Crippen LogP contribution in [0.1, 0.15) is 53.2 Å². The van der Waals surface area contributed by atoms with E-state index in [1.807, 2.05) is 25.1 Å². The number of carbonyl (C=O) groups is 3. The maximum Gasteiger partial charge on any atom is 0.407 e. The van der Waals surface area contributed by atoms with E-state index < -0.39 is 12.1 Å². The molecule has 2 heterocycles. The van der Waals surface area contributed by atoms with Crippen molar-refractivity contribution in [1.82, 2.24) is 15.3 Å². The number of rotatable bonds is 13. The molecule has 0 aliphatic carbocycles. The second-order valence-electron chi connectivity index (χ2n) is 10.0. The number of benzene rings is 2. The van der Waals surface area contributed by atoms with E-state index in [0.29, 0.717) is 48.1 Å². The Morgan fingerprint density at radius 1 is 1.02 bits per heavy atom. The summed E-state index contributed by atoms with van der Waals surface area (Å²) in [7, 11) is 0. The summed E-state index contributed by atoms with van der Waals surface area (Å²) >= 11 is 0. The number of carboxylic acid groups (broad SMARTS) is 1. The number of amides is 2. The Kier molecular flexibility index (Phi) is 10.5. The number of nitrogens with one attached hydrogen (secondary N) is 2. The van der Waals surface area contributed by atoms with Crippen LogP contribution in [0.2, 0.25) is 0 Å². The van der Waals surface area contributed by atoms with E-state index in [2.05, 4.69) is 20.6 Å². The largest absolute Gasteiger partial charge is 0.493 e. The van der Waals surface area contributed by atoms with Crippen LogP contribution < -0.4 is 15.4 Å². The van der Waals surface area contributed by atoms with Gasteiger partial charge in [-0.3, -0.25) is 14.6 Å². The predicted molar refractivity (Wildman–Crippen MR) is 159 cm³/mol. The van der Waals surface area contributed by atoms with Crippen molar-refractivity contribution in [2.24, 2.45) is 0 Å². The molecule has 3 N–H and O–H groups in total. The van der Waals surface area contributed by atoms with E-state index in [4.69, 9.17) is 19.0 Å². The first-order valence-electron chi connectivity index (χ1n) is 13.9. The lowest BCUT2D eigenvalue weighted by Crippen LogP contribution is -2.26. The number of carboxylic acids is 1. The number of carbonyl (C=O) groups excluding carboxylic acids is 2. The quantitative estimate of drug-likeness (QED) is 0.182. The van der Waals surface area contributed by atoms with Gasteiger partial charge in [0.05, 0.1) is 24.0 Å². The molecule has 4 rings (SSSR count). The molecule has 0 aliphatic heterocycles. The van der Waals surface area contributed by atoms with E-state index in [1.54, 1.807) is 56.4 Å². The molecule has 0 saturated carbocycles. The highest BCUT2D eigenvalue weighted by Crippen LogP contribution is 2.25. The maximum atomic E-state index is 12.4. The van der Waals surface area contributed by atoms with Gasteiger partial charge in [-0.2, -0.15) is 0 Å². The summed E-state index contributed by atoms with van der Waals surface area (Å²) in [6.07, 6.45) is 3.09. The lowest BCUT2D eigenvalue weighted by atomic mass is 10.0. The van der Waals surface area contributed by atoms with Crippen LogP contribution in [-0.4, -0.2) is 45.8 Å². The molecule has 0 unspecified atom stereocenters. The maximum absolute atomic E-state index is 12.4. The summed E-state index contributed by atoms with van der Waals surface area (Å²) in [6, 6.07) is 16.0. The number of nitrogens with zero attached hydrogens (tertiary/aromatic N) is 2. The number of hydrogen-bond acceptors (Lipinski definition) is 8. The Morgan fingerprint density at radius 3 is 2.51 bits per heavy atom. The highest BCUT2D eigenvalue weighted by atomic mass is 16.6. The molecule has 2 amide bonds. The Morgan fingerprint density at radius 2 is 1.81 bits per heavy atom. The van der Waals surface area contributed by atoms with Crippen LogP contribution in [0.3, 0.4) is 0 Å². The van der Waals surface area contributed by atoms with Gasteiger partial charge in [-0.25, -0.2) is 9.78 Å². The van der Waals surface area contributed by atoms with Crippen LogP contribution in [0, 0.1) is 6.92 Å². The van der Waals surface area contributed by atoms with E-state index in [0.717, 1.165) is 22.4 Å². The van der Waals surface area contributed by atoms with E-state index in [9.17, 15) is 14.4 Å². The molecule has 0 bridgehead atoms. The highest BCUT2D eigenvalue weighted by Gasteiger charge is 2.14. The van der Waals surface area contributed by atoms with Crippen LogP contribution in [0.25, 0.3) is 11.5 Å². The molecule has 2 aromatic heterocycles. The number of aromatic nitrogens is 2. The molecule has 224 valence electrons. The summed E-state index contributed by atoms with van der Waals surface area (Å²) in [5.74, 6) is 0.567. The third-order valence-corrected chi connectivity index (χ3v) is 6.37. The zero-order valence-electron chi connectivity index (χ0n) is 24.3. The molecule has 0 atom stereocenters. The minimum absolute atomic E-state index is 0.0276. The molecule has 4 aromatic rings. The first-order valence-corrected chi connectivity index (χ1v) is 13.9. The Hall–Kier alpha value is -5.19. The summed E-state index contributed by atoms with van der Waals surface area (Å²) in [5.41, 5.74) is 4.17. The molecule has 0 fully saturated rings. The molecule has 0 radical (unpaired) electrons. The SMILES string of the molecule is Cc1oc(-c2ccc(NC(=O)c3cccnc3)cc2)nc1CCOc1ccc(CCC(=O)O)c(CNC(=O)OC(C)C)c1. The molecule has 11 heteroatoms. The fourth-order valence-corrected chi connectivity index (χ4v) is 4.21. The predicted octanol–water partition coefficient (Wildman–Crippen LogP) is 5.57. The average Bonchev–Trinajstić information content (AvgIpc) is 3.36. The van der Waals surface area contributed by atoms with Crippen molar-refractivity contribution >= 4 is 23.7 Å². The van der Waals surface area contributed by atoms with Gasteiger partial charge < -0.3 is 29.6 Å². The molecular formula is C32H34N4O7. The van der Waals surface area contributed by atoms with Crippen molar-refractivity contribution in [3.63, 3.8) is 0 Å². The van der Waals surface area contributed by atoms with Crippen LogP contribution in [0.15, 0.2) is 71.4 Å². The Labute approximate surface area is 249 Å². The van der Waals surface area contributed by atoms with Crippen molar-refractivity contribution in [2.45, 2.75) is 52.7 Å². The van der Waals surface area contributed by atoms with Crippen LogP contribution >= 0.6 is 0 Å². The van der Waals surface area contributed by atoms with Gasteiger partial charge in [0.25, 0.3) is 5.91 Å². The second kappa shape index (κ2) is 14.6. The average molecular weight is 587 g/mol. The zero-order chi connectivity index (χ0) is 30.8. The van der Waals surface area contributed by atoms with E-state index in [1.165, 1.54) is 6.20 Å². The molecule has 2 aromatic carbocycles. The molecule has 0 spiro atoms. The third kappa shape index (κ3) is 9.15. The van der Waals surface area contributed by atoms with Gasteiger partial charge in [-0.05, 0) is 86.8 Å². The van der Waals surface area contributed by atoms with Gasteiger partial charge in [-0.15, -0.1) is 0 Å². The lowest BCUT2D eigenvalue weighted by molar-refractivity contribution is -0.136. The van der Waals surface area contributed by atoms with Crippen molar-refractivity contribution in [3.8, 4) is 17.2 Å². The number of anilines is 1. The third-order valence-electron chi connectivity index (χ3n) is 6.37. The number of ether oxygens (including phenoxy) is 2. The van der Waals surface area contributed by atoms with Crippen LogP contribution in [0.5, 0.6) is 5.75 Å². The monoisotopic (exact) mass is 586 g/mol. The van der Waals surface area contributed by atoms with E-state index in [-0.39, 0.29) is 25.0 Å². The smallest absolute Gasteiger partial charge is 0.407 e. The molecular weight excluding hydrogens is 552 g/mol. The van der Waals surface area contributed by atoms with Crippen molar-refractivity contribution < 1.29 is 33.4 Å². The summed E-state index contributed by atoms with van der Waals surface area (Å²) in [4.78, 5) is 44.0. The molecule has 11 nitrogen and oxygen atoms in total. The van der Waals surface area contributed by atoms with Gasteiger partial charge in [0.15, 0.2) is 0 Å². The number of oxazole rings is 1. The first kappa shape index (κ1) is 30.8. The summed E-state index contributed by atoms with van der Waals surface area (Å²) in [5, 5.41) is 14.6. The number of alkyl carbamates (subject to hydrolysis) is 1. The van der Waals surface area contributed by atoms with Gasteiger partial charge in [0.2, 0.25) is 5.89 Å². The van der Waals surface area contributed by atoms with Gasteiger partial charge >= 0.3 is 12.1 Å². The zero-order valence-corrected chi connectivity index (χ0v) is 24.3. The fourth-order valence-electron chi connectivity index (χ4n) is 4.21. The van der Waals surface area contributed by atoms with Crippen molar-refractivity contribution in [1.29, 1.82) is 0 Å². The van der Waals surface area contributed by atoms with Gasteiger partial charge in [0.1, 0.15) is 11.5 Å². The minimum atomic E-state index is -0.899. The number of aliphatic carboxylic acids is 1. The molecule has 43 heavy (non-hydrogen) atoms. The number of aryl methyl sites for hydroxylation is 2. The van der Waals surface area contributed by atoms with Crippen LogP contribution in [0.4, 0.5) is 10.5 Å². The second-order valence-corrected chi connectivity index (χ2v) is 10.0. The Balaban J connectivity index is 1.35. The summed E-state index contributed by atoms with van der Waals surface area (Å²) in [6.45, 7) is 5.85. The first-order chi connectivity index (χ1) is 20.7. The van der Waals surface area contributed by atoms with Gasteiger partial charge in [-0.1, -0.05) is 6.07 Å². The minimum Gasteiger partial charge on any atom is -0.493 e. The number of hydrogen-bond donors (Lipinski definition) is 3. The normalized spacial score (nSPS) is 10.8. The van der Waals surface area contributed by atoms with Crippen molar-refractivity contribution in [3.05, 3.63) is 95.1 Å². The van der Waals surface area contributed by atoms with E-state index >= 15 is 0 Å². The summed E-state index contributed by atoms with van der Waals surface area (Å²) < 4.78 is 17.0. The molecule has 0 saturated heterocycles. The van der Waals surface area contributed by atoms with Crippen molar-refractivity contribution in [2.75, 3.05) is 11.9 Å². The Bertz CT molecular complexity index is 1550. The highest BCUT2D eigenvalue weighted by molar-refractivity contribution is 6.04. The van der Waals surface area contributed by atoms with Crippen LogP contribution in [-0.2, 0) is 28.9 Å². The number of pyridine rings is 1. The topological polar surface area (TPSA) is 153 Å². The fraction of sp³-hybridized carbons (Fsp3) is 0.281. The molecule has 0 aliphatic rings. The standard InChI is InChI=1S/C32H34N4O7/c1-20(2)42-32(40)34-19-25-17-27(12-8-22(25)9-13-29(37)38)41-16-14-28-21(3)43-31(36-28)23-6-10-26(11-7-23)35-30(39)24-5-4-15-33-18-24/h4-8,10-12,15,17-18,20H,9,13-14,16,19H2,1-3H3,(H,34,40)(H,35,39)(H,37,38). The lowest BCUT2D eigenvalue weighted by Gasteiger charge is -2.14.